The molecule has 2 aliphatic rings. The minimum Gasteiger partial charge on any atom is -0.379 e. The normalized spacial score (nSPS) is 17.8. The summed E-state index contributed by atoms with van der Waals surface area (Å²) in [7, 11) is 1.82. The van der Waals surface area contributed by atoms with Crippen LogP contribution in [0.2, 0.25) is 0 Å². The Morgan fingerprint density at radius 1 is 0.969 bits per heavy atom. The molecule has 8 heteroatoms. The first-order chi connectivity index (χ1) is 15.2. The van der Waals surface area contributed by atoms with E-state index in [9.17, 15) is 4.39 Å². The zero-order chi connectivity index (χ0) is 21.5. The third kappa shape index (κ3) is 6.55. The van der Waals surface area contributed by atoms with Gasteiger partial charge in [0.2, 0.25) is 0 Å². The molecule has 0 aliphatic carbocycles. The molecule has 0 spiro atoms. The number of halogens is 2. The minimum atomic E-state index is -0.157. The second-order valence-electron chi connectivity index (χ2n) is 8.03. The van der Waals surface area contributed by atoms with Crippen LogP contribution in [0.1, 0.15) is 11.1 Å². The van der Waals surface area contributed by atoms with Gasteiger partial charge in [-0.2, -0.15) is 0 Å². The van der Waals surface area contributed by atoms with Crippen molar-refractivity contribution in [2.45, 2.75) is 13.1 Å². The number of nitrogens with zero attached hydrogens (tertiary/aromatic N) is 4. The molecule has 1 N–H and O–H groups in total. The molecular formula is C24H33FIN5O. The smallest absolute Gasteiger partial charge is 0.194 e. The highest BCUT2D eigenvalue weighted by atomic mass is 127. The van der Waals surface area contributed by atoms with Gasteiger partial charge in [0.1, 0.15) is 5.82 Å². The van der Waals surface area contributed by atoms with Gasteiger partial charge in [-0.15, -0.1) is 24.0 Å². The number of nitrogens with one attached hydrogen (secondary N) is 1. The summed E-state index contributed by atoms with van der Waals surface area (Å²) in [5, 5.41) is 3.50. The summed E-state index contributed by atoms with van der Waals surface area (Å²) in [6.07, 6.45) is 0. The van der Waals surface area contributed by atoms with E-state index in [1.54, 1.807) is 6.07 Å². The van der Waals surface area contributed by atoms with E-state index in [1.165, 1.54) is 17.2 Å². The van der Waals surface area contributed by atoms with Gasteiger partial charge in [-0.05, 0) is 23.3 Å². The second-order valence-corrected chi connectivity index (χ2v) is 8.03. The van der Waals surface area contributed by atoms with Crippen molar-refractivity contribution in [2.75, 3.05) is 64.4 Å². The monoisotopic (exact) mass is 553 g/mol. The van der Waals surface area contributed by atoms with E-state index in [2.05, 4.69) is 49.3 Å². The lowest BCUT2D eigenvalue weighted by Crippen LogP contribution is -2.52. The Kier molecular flexibility index (Phi) is 9.55. The van der Waals surface area contributed by atoms with E-state index in [0.29, 0.717) is 5.69 Å². The number of anilines is 1. The maximum Gasteiger partial charge on any atom is 0.194 e. The maximum absolute atomic E-state index is 14.1. The largest absolute Gasteiger partial charge is 0.379 e. The van der Waals surface area contributed by atoms with Crippen molar-refractivity contribution in [3.05, 3.63) is 65.5 Å². The first-order valence-corrected chi connectivity index (χ1v) is 11.1. The van der Waals surface area contributed by atoms with Crippen molar-refractivity contribution in [3.63, 3.8) is 0 Å². The number of piperazine rings is 1. The molecule has 2 aromatic rings. The van der Waals surface area contributed by atoms with Crippen LogP contribution in [0.5, 0.6) is 0 Å². The quantitative estimate of drug-likeness (QED) is 0.350. The van der Waals surface area contributed by atoms with Gasteiger partial charge in [-0.25, -0.2) is 4.39 Å². The molecule has 0 unspecified atom stereocenters. The van der Waals surface area contributed by atoms with Gasteiger partial charge < -0.3 is 19.9 Å². The molecule has 174 valence electrons. The predicted molar refractivity (Wildman–Crippen MR) is 138 cm³/mol. The molecule has 2 aliphatic heterocycles. The highest BCUT2D eigenvalue weighted by Gasteiger charge is 2.21. The molecule has 32 heavy (non-hydrogen) atoms. The molecule has 6 nitrogen and oxygen atoms in total. The topological polar surface area (TPSA) is 43.3 Å². The van der Waals surface area contributed by atoms with Crippen LogP contribution in [0.3, 0.4) is 0 Å². The number of morpholine rings is 1. The van der Waals surface area contributed by atoms with E-state index >= 15 is 0 Å². The predicted octanol–water partition coefficient (Wildman–Crippen LogP) is 3.17. The van der Waals surface area contributed by atoms with Crippen molar-refractivity contribution in [3.8, 4) is 0 Å². The molecule has 0 saturated carbocycles. The molecular weight excluding hydrogens is 520 g/mol. The Balaban J connectivity index is 0.00000289. The Labute approximate surface area is 207 Å². The summed E-state index contributed by atoms with van der Waals surface area (Å²) in [4.78, 5) is 11.3. The van der Waals surface area contributed by atoms with Gasteiger partial charge in [-0.3, -0.25) is 9.89 Å². The highest BCUT2D eigenvalue weighted by molar-refractivity contribution is 14.0. The molecule has 2 fully saturated rings. The summed E-state index contributed by atoms with van der Waals surface area (Å²) in [6, 6.07) is 15.7. The first kappa shape index (κ1) is 24.7. The lowest BCUT2D eigenvalue weighted by Gasteiger charge is -2.37. The van der Waals surface area contributed by atoms with Crippen molar-refractivity contribution >= 4 is 35.6 Å². The molecule has 0 atom stereocenters. The zero-order valence-electron chi connectivity index (χ0n) is 18.7. The molecule has 0 radical (unpaired) electrons. The van der Waals surface area contributed by atoms with Gasteiger partial charge in [0.05, 0.1) is 18.9 Å². The number of rotatable bonds is 5. The molecule has 2 heterocycles. The van der Waals surface area contributed by atoms with Crippen molar-refractivity contribution in [1.29, 1.82) is 0 Å². The highest BCUT2D eigenvalue weighted by Crippen LogP contribution is 2.20. The average Bonchev–Trinajstić information content (AvgIpc) is 2.81. The fourth-order valence-electron chi connectivity index (χ4n) is 4.24. The van der Waals surface area contributed by atoms with E-state index in [4.69, 9.17) is 4.74 Å². The van der Waals surface area contributed by atoms with Crippen LogP contribution in [-0.2, 0) is 17.8 Å². The van der Waals surface area contributed by atoms with Crippen LogP contribution in [0, 0.1) is 5.82 Å². The van der Waals surface area contributed by atoms with Crippen molar-refractivity contribution in [1.82, 2.24) is 15.1 Å². The number of hydrogen-bond acceptors (Lipinski definition) is 4. The van der Waals surface area contributed by atoms with E-state index in [0.717, 1.165) is 71.5 Å². The molecule has 0 bridgehead atoms. The van der Waals surface area contributed by atoms with Crippen molar-refractivity contribution < 1.29 is 9.13 Å². The van der Waals surface area contributed by atoms with Gasteiger partial charge in [0.15, 0.2) is 5.96 Å². The lowest BCUT2D eigenvalue weighted by molar-refractivity contribution is 0.0342. The van der Waals surface area contributed by atoms with E-state index in [-0.39, 0.29) is 29.8 Å². The number of para-hydroxylation sites is 1. The lowest BCUT2D eigenvalue weighted by atomic mass is 10.1. The van der Waals surface area contributed by atoms with E-state index < -0.39 is 0 Å². The number of aliphatic imine (C=N–C) groups is 1. The van der Waals surface area contributed by atoms with Gasteiger partial charge in [0, 0.05) is 59.4 Å². The van der Waals surface area contributed by atoms with Crippen molar-refractivity contribution in [2.24, 2.45) is 4.99 Å². The Morgan fingerprint density at radius 3 is 2.41 bits per heavy atom. The number of hydrogen-bond donors (Lipinski definition) is 1. The molecule has 0 aromatic heterocycles. The standard InChI is InChI=1S/C24H32FN5O.HI/c1-26-24(30-11-9-29(10-12-30)23-8-3-2-7-22(23)25)27-18-20-5-4-6-21(17-20)19-28-13-15-31-16-14-28;/h2-8,17H,9-16,18-19H2,1H3,(H,26,27);1H. The van der Waals surface area contributed by atoms with Gasteiger partial charge >= 0.3 is 0 Å². The summed E-state index contributed by atoms with van der Waals surface area (Å²) in [5.41, 5.74) is 3.26. The molecule has 2 aromatic carbocycles. The van der Waals surface area contributed by atoms with Gasteiger partial charge in [0.25, 0.3) is 0 Å². The third-order valence-corrected chi connectivity index (χ3v) is 5.94. The number of ether oxygens (including phenoxy) is 1. The van der Waals surface area contributed by atoms with Crippen LogP contribution in [-0.4, -0.2) is 75.3 Å². The van der Waals surface area contributed by atoms with Gasteiger partial charge in [-0.1, -0.05) is 36.4 Å². The fraction of sp³-hybridized carbons (Fsp3) is 0.458. The molecule has 4 rings (SSSR count). The van der Waals surface area contributed by atoms with Crippen LogP contribution in [0.25, 0.3) is 0 Å². The van der Waals surface area contributed by atoms with Crippen LogP contribution >= 0.6 is 24.0 Å². The zero-order valence-corrected chi connectivity index (χ0v) is 21.0. The second kappa shape index (κ2) is 12.4. The van der Waals surface area contributed by atoms with Crippen LogP contribution < -0.4 is 10.2 Å². The Hall–Kier alpha value is -1.91. The van der Waals surface area contributed by atoms with Crippen LogP contribution in [0.15, 0.2) is 53.5 Å². The fourth-order valence-corrected chi connectivity index (χ4v) is 4.24. The summed E-state index contributed by atoms with van der Waals surface area (Å²) in [5.74, 6) is 0.738. The Morgan fingerprint density at radius 2 is 1.69 bits per heavy atom. The first-order valence-electron chi connectivity index (χ1n) is 11.1. The number of benzene rings is 2. The van der Waals surface area contributed by atoms with E-state index in [1.807, 2.05) is 19.2 Å². The summed E-state index contributed by atoms with van der Waals surface area (Å²) >= 11 is 0. The van der Waals surface area contributed by atoms with Crippen LogP contribution in [0.4, 0.5) is 10.1 Å². The minimum absolute atomic E-state index is 0. The third-order valence-electron chi connectivity index (χ3n) is 5.94. The molecule has 0 amide bonds. The number of guanidine groups is 1. The SMILES string of the molecule is CN=C(NCc1cccc(CN2CCOCC2)c1)N1CCN(c2ccccc2F)CC1.I. The Bertz CT molecular complexity index is 882. The maximum atomic E-state index is 14.1. The molecule has 2 saturated heterocycles. The summed E-state index contributed by atoms with van der Waals surface area (Å²) < 4.78 is 19.5. The summed E-state index contributed by atoms with van der Waals surface area (Å²) in [6.45, 7) is 8.50. The average molecular weight is 553 g/mol.